The zero-order chi connectivity index (χ0) is 21.9. The van der Waals surface area contributed by atoms with Gasteiger partial charge >= 0.3 is 0 Å². The Morgan fingerprint density at radius 1 is 0.812 bits per heavy atom. The van der Waals surface area contributed by atoms with Crippen LogP contribution in [-0.4, -0.2) is 34.9 Å². The standard InChI is InChI=1S/C27H25N3O2/c1-19-13-15-22(16-14-19)30-25(31)23-24(20-9-4-2-5-10-20)28-17-8-18-29(28)27(23,26(30)32)21-11-6-3-7-12-21/h2-7,9-16,23-24H,8,17-18H2,1H3. The minimum absolute atomic E-state index is 0.119. The monoisotopic (exact) mass is 423 g/mol. The third kappa shape index (κ3) is 2.46. The van der Waals surface area contributed by atoms with E-state index in [1.165, 1.54) is 4.90 Å². The molecular formula is C27H25N3O2. The molecule has 3 unspecified atom stereocenters. The fourth-order valence-corrected chi connectivity index (χ4v) is 5.93. The Hall–Kier alpha value is -3.28. The number of carbonyl (C=O) groups excluding carboxylic acids is 2. The molecular weight excluding hydrogens is 398 g/mol. The van der Waals surface area contributed by atoms with Gasteiger partial charge in [0.15, 0.2) is 5.54 Å². The fourth-order valence-electron chi connectivity index (χ4n) is 5.93. The Labute approximate surface area is 187 Å². The van der Waals surface area contributed by atoms with Crippen LogP contribution in [0, 0.1) is 12.8 Å². The molecule has 0 N–H and O–H groups in total. The third-order valence-corrected chi connectivity index (χ3v) is 7.22. The first-order valence-corrected chi connectivity index (χ1v) is 11.2. The Kier molecular flexibility index (Phi) is 4.32. The number of hydrogen-bond donors (Lipinski definition) is 0. The molecule has 3 atom stereocenters. The van der Waals surface area contributed by atoms with Gasteiger partial charge in [-0.2, -0.15) is 0 Å². The van der Waals surface area contributed by atoms with Crippen molar-refractivity contribution in [2.75, 3.05) is 18.0 Å². The number of carbonyl (C=O) groups is 2. The first-order valence-electron chi connectivity index (χ1n) is 11.2. The first kappa shape index (κ1) is 19.4. The van der Waals surface area contributed by atoms with Crippen LogP contribution in [0.15, 0.2) is 84.9 Å². The molecule has 6 rings (SSSR count). The van der Waals surface area contributed by atoms with E-state index in [2.05, 4.69) is 22.2 Å². The van der Waals surface area contributed by atoms with E-state index in [4.69, 9.17) is 0 Å². The second-order valence-corrected chi connectivity index (χ2v) is 8.92. The maximum Gasteiger partial charge on any atom is 0.261 e. The molecule has 3 aromatic rings. The summed E-state index contributed by atoms with van der Waals surface area (Å²) in [4.78, 5) is 29.9. The van der Waals surface area contributed by atoms with Crippen molar-refractivity contribution in [3.05, 3.63) is 102 Å². The minimum Gasteiger partial charge on any atom is -0.274 e. The lowest BCUT2D eigenvalue weighted by Gasteiger charge is -2.36. The lowest BCUT2D eigenvalue weighted by atomic mass is 9.75. The van der Waals surface area contributed by atoms with E-state index in [0.717, 1.165) is 36.2 Å². The highest BCUT2D eigenvalue weighted by molar-refractivity contribution is 6.26. The lowest BCUT2D eigenvalue weighted by Crippen LogP contribution is -2.52. The van der Waals surface area contributed by atoms with Crippen LogP contribution in [0.25, 0.3) is 0 Å². The zero-order valence-corrected chi connectivity index (χ0v) is 18.0. The summed E-state index contributed by atoms with van der Waals surface area (Å²) in [5.74, 6) is -0.778. The number of fused-ring (bicyclic) bond motifs is 3. The number of aryl methyl sites for hydroxylation is 1. The predicted molar refractivity (Wildman–Crippen MR) is 122 cm³/mol. The summed E-state index contributed by atoms with van der Waals surface area (Å²) >= 11 is 0. The number of imide groups is 1. The lowest BCUT2D eigenvalue weighted by molar-refractivity contribution is -0.134. The number of amides is 2. The van der Waals surface area contributed by atoms with E-state index in [1.807, 2.05) is 79.7 Å². The van der Waals surface area contributed by atoms with Gasteiger partial charge in [0.25, 0.3) is 5.91 Å². The van der Waals surface area contributed by atoms with Crippen molar-refractivity contribution in [3.8, 4) is 0 Å². The van der Waals surface area contributed by atoms with Gasteiger partial charge in [0, 0.05) is 13.1 Å². The molecule has 3 heterocycles. The molecule has 3 saturated heterocycles. The van der Waals surface area contributed by atoms with Gasteiger partial charge in [0.05, 0.1) is 17.6 Å². The summed E-state index contributed by atoms with van der Waals surface area (Å²) in [6.45, 7) is 3.61. The van der Waals surface area contributed by atoms with Gasteiger partial charge in [0.1, 0.15) is 0 Å². The topological polar surface area (TPSA) is 43.9 Å². The Balaban J connectivity index is 1.60. The molecule has 5 heteroatoms. The number of anilines is 1. The summed E-state index contributed by atoms with van der Waals surface area (Å²) in [6, 6.07) is 27.5. The third-order valence-electron chi connectivity index (χ3n) is 7.22. The van der Waals surface area contributed by atoms with Crippen molar-refractivity contribution in [1.82, 2.24) is 10.0 Å². The summed E-state index contributed by atoms with van der Waals surface area (Å²) in [7, 11) is 0. The van der Waals surface area contributed by atoms with E-state index in [-0.39, 0.29) is 17.9 Å². The summed E-state index contributed by atoms with van der Waals surface area (Å²) < 4.78 is 0. The Morgan fingerprint density at radius 3 is 2.16 bits per heavy atom. The number of hydrazine groups is 1. The van der Waals surface area contributed by atoms with Crippen LogP contribution in [0.5, 0.6) is 0 Å². The van der Waals surface area contributed by atoms with E-state index in [0.29, 0.717) is 5.69 Å². The average molecular weight is 424 g/mol. The maximum atomic E-state index is 14.4. The smallest absolute Gasteiger partial charge is 0.261 e. The minimum atomic E-state index is -1.03. The molecule has 0 bridgehead atoms. The molecule has 32 heavy (non-hydrogen) atoms. The largest absolute Gasteiger partial charge is 0.274 e. The zero-order valence-electron chi connectivity index (χ0n) is 18.0. The molecule has 3 aliphatic heterocycles. The van der Waals surface area contributed by atoms with Crippen molar-refractivity contribution in [2.24, 2.45) is 5.92 Å². The van der Waals surface area contributed by atoms with Crippen LogP contribution >= 0.6 is 0 Å². The molecule has 160 valence electrons. The van der Waals surface area contributed by atoms with Crippen LogP contribution in [-0.2, 0) is 15.1 Å². The van der Waals surface area contributed by atoms with Gasteiger partial charge in [-0.25, -0.2) is 14.9 Å². The van der Waals surface area contributed by atoms with E-state index >= 15 is 0 Å². The Morgan fingerprint density at radius 2 is 1.47 bits per heavy atom. The van der Waals surface area contributed by atoms with Gasteiger partial charge in [-0.05, 0) is 36.6 Å². The fraction of sp³-hybridized carbons (Fsp3) is 0.259. The summed E-state index contributed by atoms with van der Waals surface area (Å²) in [5.41, 5.74) is 2.68. The molecule has 0 aromatic heterocycles. The Bertz CT molecular complexity index is 1180. The normalized spacial score (nSPS) is 27.7. The van der Waals surface area contributed by atoms with Crippen molar-refractivity contribution >= 4 is 17.5 Å². The van der Waals surface area contributed by atoms with E-state index in [9.17, 15) is 9.59 Å². The molecule has 3 aliphatic rings. The summed E-state index contributed by atoms with van der Waals surface area (Å²) in [5, 5.41) is 4.47. The second-order valence-electron chi connectivity index (χ2n) is 8.92. The SMILES string of the molecule is Cc1ccc(N2C(=O)C3C(c4ccccc4)N4CCCN4C3(c3ccccc3)C2=O)cc1. The number of benzene rings is 3. The van der Waals surface area contributed by atoms with Gasteiger partial charge < -0.3 is 0 Å². The van der Waals surface area contributed by atoms with Crippen molar-refractivity contribution in [2.45, 2.75) is 24.9 Å². The number of rotatable bonds is 3. The molecule has 3 fully saturated rings. The highest BCUT2D eigenvalue weighted by Gasteiger charge is 2.73. The molecule has 2 amide bonds. The second kappa shape index (κ2) is 7.12. The predicted octanol–water partition coefficient (Wildman–Crippen LogP) is 4.06. The number of nitrogens with zero attached hydrogens (tertiary/aromatic N) is 3. The molecule has 3 aromatic carbocycles. The van der Waals surface area contributed by atoms with Crippen LogP contribution < -0.4 is 4.90 Å². The average Bonchev–Trinajstić information content (AvgIpc) is 3.46. The van der Waals surface area contributed by atoms with Crippen LogP contribution in [0.1, 0.15) is 29.2 Å². The molecule has 0 radical (unpaired) electrons. The molecule has 5 nitrogen and oxygen atoms in total. The molecule has 0 spiro atoms. The van der Waals surface area contributed by atoms with Crippen molar-refractivity contribution < 1.29 is 9.59 Å². The molecule has 0 aliphatic carbocycles. The van der Waals surface area contributed by atoms with Crippen molar-refractivity contribution in [3.63, 3.8) is 0 Å². The van der Waals surface area contributed by atoms with Crippen LogP contribution in [0.2, 0.25) is 0 Å². The van der Waals surface area contributed by atoms with Crippen LogP contribution in [0.3, 0.4) is 0 Å². The highest BCUT2D eigenvalue weighted by atomic mass is 16.2. The van der Waals surface area contributed by atoms with Gasteiger partial charge in [-0.15, -0.1) is 0 Å². The number of hydrogen-bond acceptors (Lipinski definition) is 4. The van der Waals surface area contributed by atoms with Gasteiger partial charge in [-0.3, -0.25) is 9.59 Å². The summed E-state index contributed by atoms with van der Waals surface area (Å²) in [6.07, 6.45) is 0.969. The molecule has 0 saturated carbocycles. The van der Waals surface area contributed by atoms with E-state index < -0.39 is 11.5 Å². The van der Waals surface area contributed by atoms with Gasteiger partial charge in [0.2, 0.25) is 5.91 Å². The highest BCUT2D eigenvalue weighted by Crippen LogP contribution is 2.59. The first-order chi connectivity index (χ1) is 15.6. The van der Waals surface area contributed by atoms with Gasteiger partial charge in [-0.1, -0.05) is 78.4 Å². The van der Waals surface area contributed by atoms with Crippen LogP contribution in [0.4, 0.5) is 5.69 Å². The van der Waals surface area contributed by atoms with Crippen molar-refractivity contribution in [1.29, 1.82) is 0 Å². The quantitative estimate of drug-likeness (QED) is 0.596. The maximum absolute atomic E-state index is 14.4. The van der Waals surface area contributed by atoms with E-state index in [1.54, 1.807) is 0 Å².